The number of nitro benzene ring substituents is 1. The molecule has 0 aliphatic rings. The van der Waals surface area contributed by atoms with Crippen LogP contribution in [0.2, 0.25) is 0 Å². The van der Waals surface area contributed by atoms with Crippen molar-refractivity contribution in [1.29, 1.82) is 0 Å². The van der Waals surface area contributed by atoms with Crippen molar-refractivity contribution >= 4 is 17.8 Å². The van der Waals surface area contributed by atoms with Gasteiger partial charge in [-0.25, -0.2) is 5.43 Å². The van der Waals surface area contributed by atoms with E-state index in [9.17, 15) is 14.9 Å². The largest absolute Gasteiger partial charge is 0.493 e. The van der Waals surface area contributed by atoms with Crippen molar-refractivity contribution in [3.8, 4) is 11.5 Å². The molecule has 0 aliphatic carbocycles. The lowest BCUT2D eigenvalue weighted by Gasteiger charge is -2.13. The Labute approximate surface area is 150 Å². The highest BCUT2D eigenvalue weighted by Crippen LogP contribution is 2.28. The first-order chi connectivity index (χ1) is 12.4. The minimum absolute atomic E-state index is 0.0235. The molecule has 2 rings (SSSR count). The summed E-state index contributed by atoms with van der Waals surface area (Å²) in [4.78, 5) is 22.2. The molecule has 0 aliphatic heterocycles. The summed E-state index contributed by atoms with van der Waals surface area (Å²) in [6.45, 7) is 3.80. The van der Waals surface area contributed by atoms with Crippen molar-refractivity contribution in [3.05, 3.63) is 63.7 Å². The van der Waals surface area contributed by atoms with Crippen molar-refractivity contribution in [3.63, 3.8) is 0 Å². The van der Waals surface area contributed by atoms with E-state index < -0.39 is 10.8 Å². The van der Waals surface area contributed by atoms with E-state index in [0.29, 0.717) is 17.1 Å². The van der Waals surface area contributed by atoms with Crippen LogP contribution >= 0.6 is 0 Å². The van der Waals surface area contributed by atoms with Gasteiger partial charge in [0.1, 0.15) is 0 Å². The lowest BCUT2D eigenvalue weighted by Crippen LogP contribution is -2.17. The Balaban J connectivity index is 2.09. The lowest BCUT2D eigenvalue weighted by molar-refractivity contribution is -0.384. The van der Waals surface area contributed by atoms with Crippen LogP contribution in [-0.4, -0.2) is 30.3 Å². The van der Waals surface area contributed by atoms with Gasteiger partial charge < -0.3 is 9.47 Å². The minimum Gasteiger partial charge on any atom is -0.493 e. The van der Waals surface area contributed by atoms with Crippen LogP contribution in [0.3, 0.4) is 0 Å². The molecule has 0 aromatic heterocycles. The number of carbonyl (C=O) groups is 1. The van der Waals surface area contributed by atoms with E-state index in [1.807, 2.05) is 13.8 Å². The molecule has 2 aromatic rings. The van der Waals surface area contributed by atoms with Crippen LogP contribution in [0.1, 0.15) is 29.8 Å². The molecule has 0 saturated heterocycles. The average Bonchev–Trinajstić information content (AvgIpc) is 2.61. The molecule has 0 atom stereocenters. The molecule has 0 unspecified atom stereocenters. The van der Waals surface area contributed by atoms with Gasteiger partial charge in [0, 0.05) is 17.7 Å². The van der Waals surface area contributed by atoms with Gasteiger partial charge >= 0.3 is 0 Å². The number of nitrogens with one attached hydrogen (secondary N) is 1. The number of amides is 1. The summed E-state index contributed by atoms with van der Waals surface area (Å²) in [6.07, 6.45) is 1.42. The normalized spacial score (nSPS) is 10.8. The zero-order valence-electron chi connectivity index (χ0n) is 14.6. The van der Waals surface area contributed by atoms with Gasteiger partial charge in [-0.05, 0) is 43.7 Å². The predicted octanol–water partition coefficient (Wildman–Crippen LogP) is 3.15. The van der Waals surface area contributed by atoms with Gasteiger partial charge in [-0.15, -0.1) is 0 Å². The van der Waals surface area contributed by atoms with Gasteiger partial charge in [0.05, 0.1) is 24.4 Å². The second kappa shape index (κ2) is 8.61. The number of ether oxygens (including phenoxy) is 2. The molecular weight excluding hydrogens is 338 g/mol. The predicted molar refractivity (Wildman–Crippen MR) is 96.9 cm³/mol. The van der Waals surface area contributed by atoms with Crippen molar-refractivity contribution in [1.82, 2.24) is 5.43 Å². The highest BCUT2D eigenvalue weighted by Gasteiger charge is 2.11. The van der Waals surface area contributed by atoms with Crippen LogP contribution < -0.4 is 14.9 Å². The fraction of sp³-hybridized carbons (Fsp3) is 0.222. The maximum Gasteiger partial charge on any atom is 0.271 e. The van der Waals surface area contributed by atoms with Crippen molar-refractivity contribution in [2.45, 2.75) is 20.0 Å². The van der Waals surface area contributed by atoms with Crippen LogP contribution in [0.15, 0.2) is 47.6 Å². The van der Waals surface area contributed by atoms with Gasteiger partial charge in [0.25, 0.3) is 11.6 Å². The smallest absolute Gasteiger partial charge is 0.271 e. The Kier molecular flexibility index (Phi) is 6.26. The first-order valence-electron chi connectivity index (χ1n) is 7.83. The monoisotopic (exact) mass is 357 g/mol. The molecule has 1 N–H and O–H groups in total. The van der Waals surface area contributed by atoms with E-state index in [1.54, 1.807) is 25.3 Å². The maximum absolute atomic E-state index is 12.0. The molecular formula is C18H19N3O5. The van der Waals surface area contributed by atoms with Crippen molar-refractivity contribution in [2.24, 2.45) is 5.10 Å². The van der Waals surface area contributed by atoms with E-state index in [0.717, 1.165) is 0 Å². The molecule has 0 fully saturated rings. The molecule has 0 saturated carbocycles. The highest BCUT2D eigenvalue weighted by atomic mass is 16.6. The number of hydrogen-bond donors (Lipinski definition) is 1. The zero-order chi connectivity index (χ0) is 19.1. The number of hydrazone groups is 1. The first-order valence-corrected chi connectivity index (χ1v) is 7.83. The van der Waals surface area contributed by atoms with E-state index in [1.165, 1.54) is 30.5 Å². The number of nitro groups is 1. The summed E-state index contributed by atoms with van der Waals surface area (Å²) >= 11 is 0. The number of non-ortho nitro benzene ring substituents is 1. The third-order valence-corrected chi connectivity index (χ3v) is 3.25. The minimum atomic E-state index is -0.562. The van der Waals surface area contributed by atoms with E-state index in [-0.39, 0.29) is 17.4 Å². The standard InChI is InChI=1S/C18H19N3O5/c1-12(2)26-17-9-13(7-8-16(17)25-3)11-19-20-18(22)14-5-4-6-15(10-14)21(23)24/h4-12H,1-3H3,(H,20,22)/b19-11+. The summed E-state index contributed by atoms with van der Waals surface area (Å²) < 4.78 is 10.9. The molecule has 0 heterocycles. The van der Waals surface area contributed by atoms with Crippen LogP contribution in [0.5, 0.6) is 11.5 Å². The van der Waals surface area contributed by atoms with Crippen LogP contribution in [0.25, 0.3) is 0 Å². The summed E-state index contributed by atoms with van der Waals surface area (Å²) in [6, 6.07) is 10.6. The summed E-state index contributed by atoms with van der Waals surface area (Å²) in [7, 11) is 1.55. The molecule has 8 nitrogen and oxygen atoms in total. The third kappa shape index (κ3) is 5.04. The molecule has 2 aromatic carbocycles. The van der Waals surface area contributed by atoms with Gasteiger partial charge in [0.15, 0.2) is 11.5 Å². The molecule has 0 radical (unpaired) electrons. The van der Waals surface area contributed by atoms with Crippen LogP contribution in [0.4, 0.5) is 5.69 Å². The summed E-state index contributed by atoms with van der Waals surface area (Å²) in [5, 5.41) is 14.6. The first kappa shape index (κ1) is 18.9. The van der Waals surface area contributed by atoms with Gasteiger partial charge in [-0.3, -0.25) is 14.9 Å². The third-order valence-electron chi connectivity index (χ3n) is 3.25. The molecule has 0 bridgehead atoms. The van der Waals surface area contributed by atoms with Gasteiger partial charge in [0.2, 0.25) is 0 Å². The fourth-order valence-corrected chi connectivity index (χ4v) is 2.11. The van der Waals surface area contributed by atoms with Crippen molar-refractivity contribution < 1.29 is 19.2 Å². The van der Waals surface area contributed by atoms with Crippen LogP contribution in [-0.2, 0) is 0 Å². The topological polar surface area (TPSA) is 103 Å². The highest BCUT2D eigenvalue weighted by molar-refractivity contribution is 5.95. The lowest BCUT2D eigenvalue weighted by atomic mass is 10.2. The Morgan fingerprint density at radius 1 is 1.23 bits per heavy atom. The number of carbonyl (C=O) groups excluding carboxylic acids is 1. The van der Waals surface area contributed by atoms with Crippen LogP contribution in [0, 0.1) is 10.1 Å². The molecule has 1 amide bonds. The Bertz CT molecular complexity index is 833. The maximum atomic E-state index is 12.0. The van der Waals surface area contributed by atoms with Gasteiger partial charge in [-0.1, -0.05) is 6.07 Å². The number of rotatable bonds is 7. The number of benzene rings is 2. The Morgan fingerprint density at radius 2 is 2.00 bits per heavy atom. The average molecular weight is 357 g/mol. The van der Waals surface area contributed by atoms with E-state index in [2.05, 4.69) is 10.5 Å². The van der Waals surface area contributed by atoms with E-state index >= 15 is 0 Å². The molecule has 8 heteroatoms. The number of nitrogens with zero attached hydrogens (tertiary/aromatic N) is 2. The summed E-state index contributed by atoms with van der Waals surface area (Å²) in [5.74, 6) is 0.616. The SMILES string of the molecule is COc1ccc(/C=N/NC(=O)c2cccc([N+](=O)[O-])c2)cc1OC(C)C. The fourth-order valence-electron chi connectivity index (χ4n) is 2.11. The van der Waals surface area contributed by atoms with Gasteiger partial charge in [-0.2, -0.15) is 5.10 Å². The number of hydrogen-bond acceptors (Lipinski definition) is 6. The zero-order valence-corrected chi connectivity index (χ0v) is 14.6. The Morgan fingerprint density at radius 3 is 2.65 bits per heavy atom. The van der Waals surface area contributed by atoms with E-state index in [4.69, 9.17) is 9.47 Å². The molecule has 26 heavy (non-hydrogen) atoms. The second-order valence-corrected chi connectivity index (χ2v) is 5.58. The van der Waals surface area contributed by atoms with Crippen molar-refractivity contribution in [2.75, 3.05) is 7.11 Å². The number of methoxy groups -OCH3 is 1. The Hall–Kier alpha value is -3.42. The quantitative estimate of drug-likeness (QED) is 0.466. The second-order valence-electron chi connectivity index (χ2n) is 5.58. The molecule has 0 spiro atoms. The summed E-state index contributed by atoms with van der Waals surface area (Å²) in [5.41, 5.74) is 3.02. The molecule has 136 valence electrons.